The van der Waals surface area contributed by atoms with Crippen LogP contribution in [0, 0.1) is 6.92 Å². The Morgan fingerprint density at radius 3 is 2.65 bits per heavy atom. The molecular formula is C16H21N3O. The molecule has 0 bridgehead atoms. The molecule has 1 saturated heterocycles. The third kappa shape index (κ3) is 2.76. The molecular weight excluding hydrogens is 250 g/mol. The molecule has 4 nitrogen and oxygen atoms in total. The zero-order chi connectivity index (χ0) is 13.9. The monoisotopic (exact) mass is 271 g/mol. The van der Waals surface area contributed by atoms with Crippen LogP contribution in [0.2, 0.25) is 0 Å². The SMILES string of the molecule is CCN(Cc1cc(-c2ccc(C)cc2)no1)C1CNC1. The molecule has 1 aromatic heterocycles. The average Bonchev–Trinajstić information content (AvgIpc) is 2.85. The maximum Gasteiger partial charge on any atom is 0.151 e. The molecule has 0 aliphatic carbocycles. The molecule has 0 saturated carbocycles. The van der Waals surface area contributed by atoms with Crippen molar-refractivity contribution in [3.8, 4) is 11.3 Å². The normalized spacial score (nSPS) is 15.6. The summed E-state index contributed by atoms with van der Waals surface area (Å²) in [6.07, 6.45) is 0. The van der Waals surface area contributed by atoms with Gasteiger partial charge in [-0.05, 0) is 13.5 Å². The molecule has 0 atom stereocenters. The topological polar surface area (TPSA) is 41.3 Å². The smallest absolute Gasteiger partial charge is 0.151 e. The van der Waals surface area contributed by atoms with Crippen molar-refractivity contribution in [3.63, 3.8) is 0 Å². The van der Waals surface area contributed by atoms with Crippen molar-refractivity contribution in [2.75, 3.05) is 19.6 Å². The van der Waals surface area contributed by atoms with Crippen LogP contribution in [0.25, 0.3) is 11.3 Å². The van der Waals surface area contributed by atoms with Gasteiger partial charge in [0, 0.05) is 30.8 Å². The molecule has 2 heterocycles. The van der Waals surface area contributed by atoms with E-state index in [1.807, 2.05) is 0 Å². The lowest BCUT2D eigenvalue weighted by molar-refractivity contribution is 0.131. The van der Waals surface area contributed by atoms with Gasteiger partial charge in [0.05, 0.1) is 6.54 Å². The minimum absolute atomic E-state index is 0.632. The summed E-state index contributed by atoms with van der Waals surface area (Å²) in [7, 11) is 0. The number of hydrogen-bond donors (Lipinski definition) is 1. The first-order valence-electron chi connectivity index (χ1n) is 7.23. The van der Waals surface area contributed by atoms with E-state index >= 15 is 0 Å². The third-order valence-electron chi connectivity index (χ3n) is 3.95. The molecule has 4 heteroatoms. The van der Waals surface area contributed by atoms with Gasteiger partial charge in [0.25, 0.3) is 0 Å². The first kappa shape index (κ1) is 13.3. The van der Waals surface area contributed by atoms with E-state index in [4.69, 9.17) is 4.52 Å². The summed E-state index contributed by atoms with van der Waals surface area (Å²) < 4.78 is 5.49. The van der Waals surface area contributed by atoms with Crippen LogP contribution in [-0.2, 0) is 6.54 Å². The lowest BCUT2D eigenvalue weighted by atomic mass is 10.1. The highest BCUT2D eigenvalue weighted by Crippen LogP contribution is 2.21. The maximum absolute atomic E-state index is 5.49. The summed E-state index contributed by atoms with van der Waals surface area (Å²) in [4.78, 5) is 2.43. The molecule has 106 valence electrons. The highest BCUT2D eigenvalue weighted by molar-refractivity contribution is 5.59. The molecule has 0 radical (unpaired) electrons. The molecule has 1 aliphatic rings. The van der Waals surface area contributed by atoms with E-state index in [2.05, 4.69) is 59.6 Å². The first-order chi connectivity index (χ1) is 9.76. The summed E-state index contributed by atoms with van der Waals surface area (Å²) in [6.45, 7) is 8.30. The first-order valence-corrected chi connectivity index (χ1v) is 7.23. The Labute approximate surface area is 119 Å². The predicted molar refractivity (Wildman–Crippen MR) is 79.4 cm³/mol. The van der Waals surface area contributed by atoms with Crippen LogP contribution in [0.4, 0.5) is 0 Å². The van der Waals surface area contributed by atoms with Gasteiger partial charge in [-0.3, -0.25) is 4.90 Å². The standard InChI is InChI=1S/C16H21N3O/c1-3-19(14-9-17-10-14)11-15-8-16(18-20-15)13-6-4-12(2)5-7-13/h4-8,14,17H,3,9-11H2,1-2H3. The molecule has 0 unspecified atom stereocenters. The van der Waals surface area contributed by atoms with Crippen LogP contribution in [0.5, 0.6) is 0 Å². The molecule has 1 fully saturated rings. The minimum atomic E-state index is 0.632. The second kappa shape index (κ2) is 5.77. The van der Waals surface area contributed by atoms with Crippen LogP contribution in [0.3, 0.4) is 0 Å². The van der Waals surface area contributed by atoms with Gasteiger partial charge in [0.2, 0.25) is 0 Å². The van der Waals surface area contributed by atoms with Gasteiger partial charge in [0.15, 0.2) is 5.76 Å². The summed E-state index contributed by atoms with van der Waals surface area (Å²) in [5.41, 5.74) is 3.29. The van der Waals surface area contributed by atoms with Crippen molar-refractivity contribution in [1.82, 2.24) is 15.4 Å². The fourth-order valence-electron chi connectivity index (χ4n) is 2.48. The minimum Gasteiger partial charge on any atom is -0.359 e. The summed E-state index contributed by atoms with van der Waals surface area (Å²) in [6, 6.07) is 11.1. The number of hydrogen-bond acceptors (Lipinski definition) is 4. The van der Waals surface area contributed by atoms with Crippen molar-refractivity contribution in [2.45, 2.75) is 26.4 Å². The van der Waals surface area contributed by atoms with Gasteiger partial charge < -0.3 is 9.84 Å². The molecule has 1 aliphatic heterocycles. The van der Waals surface area contributed by atoms with E-state index in [-0.39, 0.29) is 0 Å². The largest absolute Gasteiger partial charge is 0.359 e. The van der Waals surface area contributed by atoms with Crippen LogP contribution in [0.15, 0.2) is 34.9 Å². The molecule has 3 rings (SSSR count). The van der Waals surface area contributed by atoms with E-state index in [9.17, 15) is 0 Å². The van der Waals surface area contributed by atoms with E-state index in [1.54, 1.807) is 0 Å². The number of nitrogens with zero attached hydrogens (tertiary/aromatic N) is 2. The van der Waals surface area contributed by atoms with Crippen LogP contribution in [-0.4, -0.2) is 35.7 Å². The van der Waals surface area contributed by atoms with Crippen molar-refractivity contribution in [3.05, 3.63) is 41.7 Å². The zero-order valence-corrected chi connectivity index (χ0v) is 12.1. The lowest BCUT2D eigenvalue weighted by Gasteiger charge is -2.36. The van der Waals surface area contributed by atoms with Crippen LogP contribution in [0.1, 0.15) is 18.2 Å². The third-order valence-corrected chi connectivity index (χ3v) is 3.95. The van der Waals surface area contributed by atoms with Gasteiger partial charge in [-0.25, -0.2) is 0 Å². The fourth-order valence-corrected chi connectivity index (χ4v) is 2.48. The molecule has 0 spiro atoms. The van der Waals surface area contributed by atoms with E-state index < -0.39 is 0 Å². The van der Waals surface area contributed by atoms with Gasteiger partial charge >= 0.3 is 0 Å². The number of likely N-dealkylation sites (N-methyl/N-ethyl adjacent to an activating group) is 1. The average molecular weight is 271 g/mol. The van der Waals surface area contributed by atoms with E-state index in [0.717, 1.165) is 43.2 Å². The molecule has 20 heavy (non-hydrogen) atoms. The zero-order valence-electron chi connectivity index (χ0n) is 12.1. The van der Waals surface area contributed by atoms with Gasteiger partial charge in [-0.15, -0.1) is 0 Å². The highest BCUT2D eigenvalue weighted by atomic mass is 16.5. The Bertz CT molecular complexity index is 557. The fraction of sp³-hybridized carbons (Fsp3) is 0.438. The van der Waals surface area contributed by atoms with Crippen molar-refractivity contribution in [1.29, 1.82) is 0 Å². The lowest BCUT2D eigenvalue weighted by Crippen LogP contribution is -2.56. The van der Waals surface area contributed by atoms with E-state index in [1.165, 1.54) is 5.56 Å². The van der Waals surface area contributed by atoms with Gasteiger partial charge in [-0.1, -0.05) is 41.9 Å². The van der Waals surface area contributed by atoms with Crippen molar-refractivity contribution < 1.29 is 4.52 Å². The van der Waals surface area contributed by atoms with E-state index in [0.29, 0.717) is 6.04 Å². The number of aromatic nitrogens is 1. The second-order valence-corrected chi connectivity index (χ2v) is 5.42. The van der Waals surface area contributed by atoms with Gasteiger partial charge in [0.1, 0.15) is 5.69 Å². The van der Waals surface area contributed by atoms with Crippen molar-refractivity contribution >= 4 is 0 Å². The molecule has 1 aromatic carbocycles. The predicted octanol–water partition coefficient (Wildman–Crippen LogP) is 2.44. The quantitative estimate of drug-likeness (QED) is 0.907. The summed E-state index contributed by atoms with van der Waals surface area (Å²) in [5.74, 6) is 0.939. The maximum atomic E-state index is 5.49. The highest BCUT2D eigenvalue weighted by Gasteiger charge is 2.24. The van der Waals surface area contributed by atoms with Crippen molar-refractivity contribution in [2.24, 2.45) is 0 Å². The van der Waals surface area contributed by atoms with Crippen LogP contribution < -0.4 is 5.32 Å². The van der Waals surface area contributed by atoms with Crippen LogP contribution >= 0.6 is 0 Å². The van der Waals surface area contributed by atoms with Gasteiger partial charge in [-0.2, -0.15) is 0 Å². The molecule has 2 aromatic rings. The Balaban J connectivity index is 1.71. The summed E-state index contributed by atoms with van der Waals surface area (Å²) in [5, 5.41) is 7.50. The Kier molecular flexibility index (Phi) is 3.85. The molecule has 0 amide bonds. The number of nitrogens with one attached hydrogen (secondary N) is 1. The Morgan fingerprint density at radius 2 is 2.05 bits per heavy atom. The Hall–Kier alpha value is -1.65. The number of rotatable bonds is 5. The number of aryl methyl sites for hydroxylation is 1. The number of benzene rings is 1. The molecule has 1 N–H and O–H groups in total. The second-order valence-electron chi connectivity index (χ2n) is 5.42. The Morgan fingerprint density at radius 1 is 1.30 bits per heavy atom. The summed E-state index contributed by atoms with van der Waals surface area (Å²) >= 11 is 0.